The van der Waals surface area contributed by atoms with E-state index in [1.54, 1.807) is 10.4 Å². The van der Waals surface area contributed by atoms with Crippen molar-refractivity contribution in [2.45, 2.75) is 12.5 Å². The first-order valence-electron chi connectivity index (χ1n) is 6.23. The van der Waals surface area contributed by atoms with Gasteiger partial charge in [0.25, 0.3) is 0 Å². The molecule has 17 heavy (non-hydrogen) atoms. The molecular formula is C13H15N3S. The third-order valence-electron chi connectivity index (χ3n) is 3.93. The zero-order chi connectivity index (χ0) is 11.2. The molecule has 0 aliphatic carbocycles. The van der Waals surface area contributed by atoms with Crippen LogP contribution >= 0.6 is 11.3 Å². The Morgan fingerprint density at radius 3 is 3.41 bits per heavy atom. The minimum Gasteiger partial charge on any atom is -0.314 e. The fraction of sp³-hybridized carbons (Fsp3) is 0.462. The van der Waals surface area contributed by atoms with Crippen LogP contribution in [0.25, 0.3) is 10.1 Å². The summed E-state index contributed by atoms with van der Waals surface area (Å²) >= 11 is 1.94. The van der Waals surface area contributed by atoms with Crippen molar-refractivity contribution in [3.63, 3.8) is 0 Å². The Hall–Kier alpha value is -0.970. The lowest BCUT2D eigenvalue weighted by molar-refractivity contribution is 0.155. The van der Waals surface area contributed by atoms with Crippen LogP contribution in [0.2, 0.25) is 0 Å². The van der Waals surface area contributed by atoms with Crippen molar-refractivity contribution in [1.82, 2.24) is 15.2 Å². The van der Waals surface area contributed by atoms with Crippen LogP contribution in [0.5, 0.6) is 0 Å². The Morgan fingerprint density at radius 1 is 1.41 bits per heavy atom. The van der Waals surface area contributed by atoms with Gasteiger partial charge in [0.05, 0.1) is 10.7 Å². The van der Waals surface area contributed by atoms with Crippen molar-refractivity contribution in [3.05, 3.63) is 28.9 Å². The monoisotopic (exact) mass is 245 g/mol. The number of hydrogen-bond acceptors (Lipinski definition) is 4. The van der Waals surface area contributed by atoms with Gasteiger partial charge < -0.3 is 5.32 Å². The van der Waals surface area contributed by atoms with Gasteiger partial charge >= 0.3 is 0 Å². The van der Waals surface area contributed by atoms with Gasteiger partial charge in [-0.1, -0.05) is 0 Å². The number of aromatic nitrogens is 1. The molecular weight excluding hydrogens is 230 g/mol. The van der Waals surface area contributed by atoms with E-state index in [1.165, 1.54) is 29.6 Å². The molecule has 0 bridgehead atoms. The third kappa shape index (κ3) is 1.44. The van der Waals surface area contributed by atoms with Gasteiger partial charge in [0.15, 0.2) is 0 Å². The summed E-state index contributed by atoms with van der Waals surface area (Å²) in [5.41, 5.74) is 1.58. The van der Waals surface area contributed by atoms with E-state index in [2.05, 4.69) is 21.3 Å². The van der Waals surface area contributed by atoms with Gasteiger partial charge in [0.1, 0.15) is 0 Å². The fourth-order valence-corrected chi connectivity index (χ4v) is 4.43. The molecule has 4 heterocycles. The quantitative estimate of drug-likeness (QED) is 0.767. The second-order valence-electron chi connectivity index (χ2n) is 4.82. The summed E-state index contributed by atoms with van der Waals surface area (Å²) in [5, 5.41) is 4.95. The van der Waals surface area contributed by atoms with E-state index in [1.807, 2.05) is 23.7 Å². The SMILES string of the molecule is c1cc2c3c(sc2cn1)C1CNCCN1CC3. The van der Waals surface area contributed by atoms with E-state index in [4.69, 9.17) is 0 Å². The van der Waals surface area contributed by atoms with Gasteiger partial charge in [-0.15, -0.1) is 11.3 Å². The zero-order valence-corrected chi connectivity index (χ0v) is 10.5. The van der Waals surface area contributed by atoms with Gasteiger partial charge in [0.2, 0.25) is 0 Å². The van der Waals surface area contributed by atoms with Crippen LogP contribution in [0.1, 0.15) is 16.5 Å². The van der Waals surface area contributed by atoms with Crippen LogP contribution in [-0.2, 0) is 6.42 Å². The average molecular weight is 245 g/mol. The summed E-state index contributed by atoms with van der Waals surface area (Å²) in [6, 6.07) is 2.78. The maximum absolute atomic E-state index is 4.24. The number of thiophene rings is 1. The number of hydrogen-bond donors (Lipinski definition) is 1. The maximum Gasteiger partial charge on any atom is 0.0570 e. The normalized spacial score (nSPS) is 24.6. The van der Waals surface area contributed by atoms with E-state index in [-0.39, 0.29) is 0 Å². The molecule has 4 heteroatoms. The predicted molar refractivity (Wildman–Crippen MR) is 70.5 cm³/mol. The van der Waals surface area contributed by atoms with E-state index < -0.39 is 0 Å². The van der Waals surface area contributed by atoms with Crippen molar-refractivity contribution in [3.8, 4) is 0 Å². The Balaban J connectivity index is 1.89. The largest absolute Gasteiger partial charge is 0.314 e. The highest BCUT2D eigenvalue weighted by molar-refractivity contribution is 7.19. The summed E-state index contributed by atoms with van der Waals surface area (Å²) in [6.45, 7) is 4.65. The van der Waals surface area contributed by atoms with E-state index in [0.29, 0.717) is 6.04 Å². The highest BCUT2D eigenvalue weighted by Crippen LogP contribution is 2.40. The minimum absolute atomic E-state index is 0.602. The van der Waals surface area contributed by atoms with Crippen molar-refractivity contribution >= 4 is 21.4 Å². The number of fused-ring (bicyclic) bond motifs is 5. The smallest absolute Gasteiger partial charge is 0.0570 e. The number of nitrogens with one attached hydrogen (secondary N) is 1. The Morgan fingerprint density at radius 2 is 2.41 bits per heavy atom. The predicted octanol–water partition coefficient (Wildman–Crippen LogP) is 1.80. The number of piperazine rings is 1. The van der Waals surface area contributed by atoms with E-state index >= 15 is 0 Å². The molecule has 2 aliphatic rings. The minimum atomic E-state index is 0.602. The molecule has 2 aliphatic heterocycles. The molecule has 1 N–H and O–H groups in total. The van der Waals surface area contributed by atoms with Gasteiger partial charge in [-0.25, -0.2) is 0 Å². The van der Waals surface area contributed by atoms with E-state index in [9.17, 15) is 0 Å². The molecule has 2 aromatic heterocycles. The molecule has 2 aromatic rings. The third-order valence-corrected chi connectivity index (χ3v) is 5.22. The number of nitrogens with zero attached hydrogens (tertiary/aromatic N) is 2. The first-order valence-corrected chi connectivity index (χ1v) is 7.05. The summed E-state index contributed by atoms with van der Waals surface area (Å²) in [5.74, 6) is 0. The van der Waals surface area contributed by atoms with Crippen LogP contribution in [0.4, 0.5) is 0 Å². The molecule has 0 spiro atoms. The lowest BCUT2D eigenvalue weighted by atomic mass is 9.97. The maximum atomic E-state index is 4.24. The standard InChI is InChI=1S/C13H15N3S/c1-3-14-8-12-9(1)10-2-5-16-6-4-15-7-11(16)13(10)17-12/h1,3,8,11,15H,2,4-7H2. The average Bonchev–Trinajstić information content (AvgIpc) is 2.78. The number of pyridine rings is 1. The molecule has 4 rings (SSSR count). The van der Waals surface area contributed by atoms with Crippen LogP contribution in [0.3, 0.4) is 0 Å². The van der Waals surface area contributed by atoms with Crippen molar-refractivity contribution in [2.24, 2.45) is 0 Å². The Labute approximate surface area is 104 Å². The lowest BCUT2D eigenvalue weighted by Gasteiger charge is -2.39. The highest BCUT2D eigenvalue weighted by atomic mass is 32.1. The summed E-state index contributed by atoms with van der Waals surface area (Å²) in [4.78, 5) is 8.44. The Kier molecular flexibility index (Phi) is 2.21. The molecule has 0 amide bonds. The summed E-state index contributed by atoms with van der Waals surface area (Å²) in [6.07, 6.45) is 5.13. The molecule has 0 radical (unpaired) electrons. The van der Waals surface area contributed by atoms with E-state index in [0.717, 1.165) is 13.1 Å². The molecule has 3 nitrogen and oxygen atoms in total. The topological polar surface area (TPSA) is 28.2 Å². The zero-order valence-electron chi connectivity index (χ0n) is 9.65. The van der Waals surface area contributed by atoms with Gasteiger partial charge in [-0.2, -0.15) is 0 Å². The van der Waals surface area contributed by atoms with Crippen LogP contribution in [0, 0.1) is 0 Å². The van der Waals surface area contributed by atoms with Crippen molar-refractivity contribution < 1.29 is 0 Å². The highest BCUT2D eigenvalue weighted by Gasteiger charge is 2.31. The Bertz CT molecular complexity index is 563. The lowest BCUT2D eigenvalue weighted by Crippen LogP contribution is -2.48. The molecule has 88 valence electrons. The molecule has 1 atom stereocenters. The molecule has 1 unspecified atom stereocenters. The van der Waals surface area contributed by atoms with Gasteiger partial charge in [0, 0.05) is 43.4 Å². The summed E-state index contributed by atoms with van der Waals surface area (Å²) in [7, 11) is 0. The fourth-order valence-electron chi connectivity index (χ4n) is 3.08. The van der Waals surface area contributed by atoms with Crippen molar-refractivity contribution in [2.75, 3.05) is 26.2 Å². The second kappa shape index (κ2) is 3.77. The summed E-state index contributed by atoms with van der Waals surface area (Å²) < 4.78 is 1.35. The second-order valence-corrected chi connectivity index (χ2v) is 5.91. The molecule has 0 aromatic carbocycles. The van der Waals surface area contributed by atoms with Crippen LogP contribution in [-0.4, -0.2) is 36.1 Å². The van der Waals surface area contributed by atoms with Crippen molar-refractivity contribution in [1.29, 1.82) is 0 Å². The first-order chi connectivity index (χ1) is 8.43. The molecule has 0 saturated carbocycles. The van der Waals surface area contributed by atoms with Crippen LogP contribution in [0.15, 0.2) is 18.5 Å². The van der Waals surface area contributed by atoms with Gasteiger partial charge in [-0.05, 0) is 23.4 Å². The van der Waals surface area contributed by atoms with Crippen LogP contribution < -0.4 is 5.32 Å². The first kappa shape index (κ1) is 10.00. The molecule has 1 fully saturated rings. The molecule has 1 saturated heterocycles. The number of rotatable bonds is 0. The van der Waals surface area contributed by atoms with Gasteiger partial charge in [-0.3, -0.25) is 9.88 Å².